The van der Waals surface area contributed by atoms with E-state index >= 15 is 0 Å². The molecule has 0 spiro atoms. The molecule has 1 aliphatic carbocycles. The van der Waals surface area contributed by atoms with E-state index < -0.39 is 0 Å². The van der Waals surface area contributed by atoms with Crippen molar-refractivity contribution in [3.8, 4) is 0 Å². The first kappa shape index (κ1) is 10.3. The number of hydrogen-bond acceptors (Lipinski definition) is 1. The van der Waals surface area contributed by atoms with Crippen LogP contribution in [0.25, 0.3) is 0 Å². The van der Waals surface area contributed by atoms with Gasteiger partial charge in [-0.15, -0.1) is 0 Å². The SMILES string of the molecule is CC.CC1(N)Cc2ccccc2C1. The molecule has 13 heavy (non-hydrogen) atoms. The standard InChI is InChI=1S/C10H13N.C2H6/c1-10(11)6-8-4-2-3-5-9(8)7-10;1-2/h2-5H,6-7,11H2,1H3;1-2H3. The molecule has 1 aliphatic rings. The van der Waals surface area contributed by atoms with Gasteiger partial charge in [0, 0.05) is 5.54 Å². The minimum absolute atomic E-state index is 0.00366. The van der Waals surface area contributed by atoms with Gasteiger partial charge in [0.1, 0.15) is 0 Å². The van der Waals surface area contributed by atoms with Crippen LogP contribution in [0.1, 0.15) is 31.9 Å². The topological polar surface area (TPSA) is 26.0 Å². The van der Waals surface area contributed by atoms with Crippen LogP contribution >= 0.6 is 0 Å². The summed E-state index contributed by atoms with van der Waals surface area (Å²) >= 11 is 0. The summed E-state index contributed by atoms with van der Waals surface area (Å²) in [6.07, 6.45) is 2.06. The molecule has 72 valence electrons. The zero-order chi connectivity index (χ0) is 9.90. The summed E-state index contributed by atoms with van der Waals surface area (Å²) < 4.78 is 0. The molecule has 1 aromatic carbocycles. The third-order valence-corrected chi connectivity index (χ3v) is 2.31. The van der Waals surface area contributed by atoms with Gasteiger partial charge >= 0.3 is 0 Å². The Kier molecular flexibility index (Phi) is 3.10. The van der Waals surface area contributed by atoms with Gasteiger partial charge in [0.2, 0.25) is 0 Å². The average Bonchev–Trinajstić information content (AvgIpc) is 2.41. The maximum Gasteiger partial charge on any atom is 0.0207 e. The fourth-order valence-electron chi connectivity index (χ4n) is 1.84. The van der Waals surface area contributed by atoms with Gasteiger partial charge < -0.3 is 5.73 Å². The van der Waals surface area contributed by atoms with Crippen molar-refractivity contribution in [2.45, 2.75) is 39.2 Å². The van der Waals surface area contributed by atoms with Crippen LogP contribution in [0.5, 0.6) is 0 Å². The smallest absolute Gasteiger partial charge is 0.0207 e. The van der Waals surface area contributed by atoms with Crippen LogP contribution in [0.3, 0.4) is 0 Å². The molecule has 2 rings (SSSR count). The fourth-order valence-corrected chi connectivity index (χ4v) is 1.84. The maximum atomic E-state index is 6.03. The van der Waals surface area contributed by atoms with Crippen molar-refractivity contribution in [3.63, 3.8) is 0 Å². The summed E-state index contributed by atoms with van der Waals surface area (Å²) in [5.74, 6) is 0. The highest BCUT2D eigenvalue weighted by Crippen LogP contribution is 2.27. The lowest BCUT2D eigenvalue weighted by Gasteiger charge is -2.15. The van der Waals surface area contributed by atoms with Crippen molar-refractivity contribution in [3.05, 3.63) is 35.4 Å². The molecule has 1 nitrogen and oxygen atoms in total. The van der Waals surface area contributed by atoms with E-state index in [4.69, 9.17) is 5.73 Å². The highest BCUT2D eigenvalue weighted by molar-refractivity contribution is 5.35. The van der Waals surface area contributed by atoms with Gasteiger partial charge in [-0.2, -0.15) is 0 Å². The van der Waals surface area contributed by atoms with Crippen LogP contribution in [0.4, 0.5) is 0 Å². The van der Waals surface area contributed by atoms with Gasteiger partial charge in [-0.25, -0.2) is 0 Å². The van der Waals surface area contributed by atoms with Crippen LogP contribution in [-0.2, 0) is 12.8 Å². The molecule has 0 atom stereocenters. The van der Waals surface area contributed by atoms with Gasteiger partial charge in [0.15, 0.2) is 0 Å². The zero-order valence-corrected chi connectivity index (χ0v) is 8.80. The molecule has 1 aromatic rings. The number of nitrogens with two attached hydrogens (primary N) is 1. The predicted octanol–water partition coefficient (Wildman–Crippen LogP) is 2.53. The molecule has 0 heterocycles. The minimum atomic E-state index is 0.00366. The summed E-state index contributed by atoms with van der Waals surface area (Å²) in [6, 6.07) is 8.52. The lowest BCUT2D eigenvalue weighted by molar-refractivity contribution is 0.499. The Morgan fingerprint density at radius 1 is 1.08 bits per heavy atom. The average molecular weight is 177 g/mol. The van der Waals surface area contributed by atoms with Gasteiger partial charge in [0.05, 0.1) is 0 Å². The second-order valence-electron chi connectivity index (χ2n) is 3.78. The van der Waals surface area contributed by atoms with Gasteiger partial charge in [-0.3, -0.25) is 0 Å². The first-order valence-electron chi connectivity index (χ1n) is 5.03. The van der Waals surface area contributed by atoms with E-state index in [1.54, 1.807) is 0 Å². The third kappa shape index (κ3) is 2.31. The summed E-state index contributed by atoms with van der Waals surface area (Å²) in [7, 11) is 0. The van der Waals surface area contributed by atoms with E-state index in [0.29, 0.717) is 0 Å². The molecule has 0 aromatic heterocycles. The lowest BCUT2D eigenvalue weighted by Crippen LogP contribution is -2.36. The molecule has 2 N–H and O–H groups in total. The van der Waals surface area contributed by atoms with Crippen molar-refractivity contribution >= 4 is 0 Å². The van der Waals surface area contributed by atoms with Gasteiger partial charge in [-0.1, -0.05) is 38.1 Å². The monoisotopic (exact) mass is 177 g/mol. The Hall–Kier alpha value is -0.820. The van der Waals surface area contributed by atoms with E-state index in [9.17, 15) is 0 Å². The quantitative estimate of drug-likeness (QED) is 0.647. The molecular weight excluding hydrogens is 158 g/mol. The second kappa shape index (κ2) is 3.93. The van der Waals surface area contributed by atoms with Crippen molar-refractivity contribution in [1.82, 2.24) is 0 Å². The molecule has 0 unspecified atom stereocenters. The summed E-state index contributed by atoms with van der Waals surface area (Å²) in [5, 5.41) is 0. The van der Waals surface area contributed by atoms with Crippen LogP contribution in [0.15, 0.2) is 24.3 Å². The first-order valence-corrected chi connectivity index (χ1v) is 5.03. The molecule has 0 radical (unpaired) electrons. The lowest BCUT2D eigenvalue weighted by atomic mass is 10.0. The molecule has 1 heteroatoms. The van der Waals surface area contributed by atoms with Crippen LogP contribution < -0.4 is 5.73 Å². The van der Waals surface area contributed by atoms with Crippen molar-refractivity contribution in [2.75, 3.05) is 0 Å². The summed E-state index contributed by atoms with van der Waals surface area (Å²) in [6.45, 7) is 6.12. The molecule has 0 amide bonds. The Morgan fingerprint density at radius 2 is 1.46 bits per heavy atom. The molecule has 0 fully saturated rings. The Labute approximate surface area is 81.0 Å². The van der Waals surface area contributed by atoms with Crippen molar-refractivity contribution < 1.29 is 0 Å². The number of benzene rings is 1. The van der Waals surface area contributed by atoms with E-state index in [0.717, 1.165) is 12.8 Å². The Balaban J connectivity index is 0.000000396. The zero-order valence-electron chi connectivity index (χ0n) is 8.80. The highest BCUT2D eigenvalue weighted by Gasteiger charge is 2.27. The Morgan fingerprint density at radius 3 is 1.85 bits per heavy atom. The number of rotatable bonds is 0. The molecular formula is C12H19N. The molecule has 0 bridgehead atoms. The molecule has 0 saturated carbocycles. The van der Waals surface area contributed by atoms with E-state index in [2.05, 4.69) is 31.2 Å². The Bertz CT molecular complexity index is 249. The van der Waals surface area contributed by atoms with Crippen molar-refractivity contribution in [1.29, 1.82) is 0 Å². The van der Waals surface area contributed by atoms with E-state index in [-0.39, 0.29) is 5.54 Å². The number of fused-ring (bicyclic) bond motifs is 1. The van der Waals surface area contributed by atoms with E-state index in [1.165, 1.54) is 11.1 Å². The third-order valence-electron chi connectivity index (χ3n) is 2.31. The van der Waals surface area contributed by atoms with E-state index in [1.807, 2.05) is 13.8 Å². The largest absolute Gasteiger partial charge is 0.325 e. The summed E-state index contributed by atoms with van der Waals surface area (Å²) in [4.78, 5) is 0. The molecule has 0 aliphatic heterocycles. The fraction of sp³-hybridized carbons (Fsp3) is 0.500. The number of hydrogen-bond donors (Lipinski definition) is 1. The van der Waals surface area contributed by atoms with Gasteiger partial charge in [0.25, 0.3) is 0 Å². The normalized spacial score (nSPS) is 17.2. The van der Waals surface area contributed by atoms with Gasteiger partial charge in [-0.05, 0) is 30.9 Å². The maximum absolute atomic E-state index is 6.03. The summed E-state index contributed by atoms with van der Waals surface area (Å²) in [5.41, 5.74) is 8.89. The molecule has 0 saturated heterocycles. The van der Waals surface area contributed by atoms with Crippen molar-refractivity contribution in [2.24, 2.45) is 5.73 Å². The van der Waals surface area contributed by atoms with Crippen LogP contribution in [0.2, 0.25) is 0 Å². The second-order valence-corrected chi connectivity index (χ2v) is 3.78. The minimum Gasteiger partial charge on any atom is -0.325 e. The van der Waals surface area contributed by atoms with Crippen LogP contribution in [-0.4, -0.2) is 5.54 Å². The highest BCUT2D eigenvalue weighted by atomic mass is 14.7. The first-order chi connectivity index (χ1) is 6.17. The predicted molar refractivity (Wildman–Crippen MR) is 57.8 cm³/mol. The van der Waals surface area contributed by atoms with Crippen LogP contribution in [0, 0.1) is 0 Å².